The lowest BCUT2D eigenvalue weighted by atomic mass is 9.98. The van der Waals surface area contributed by atoms with E-state index in [1.807, 2.05) is 6.07 Å². The lowest BCUT2D eigenvalue weighted by Crippen LogP contribution is -2.17. The van der Waals surface area contributed by atoms with E-state index in [2.05, 4.69) is 13.8 Å². The third kappa shape index (κ3) is 3.22. The summed E-state index contributed by atoms with van der Waals surface area (Å²) >= 11 is 5.63. The Bertz CT molecular complexity index is 250. The molecule has 0 amide bonds. The van der Waals surface area contributed by atoms with Crippen LogP contribution in [0.3, 0.4) is 0 Å². The van der Waals surface area contributed by atoms with Crippen molar-refractivity contribution in [1.82, 2.24) is 0 Å². The molecule has 0 saturated heterocycles. The molecule has 0 fully saturated rings. The van der Waals surface area contributed by atoms with Crippen LogP contribution in [0.5, 0.6) is 0 Å². The number of hydrogen-bond donors (Lipinski definition) is 1. The van der Waals surface area contributed by atoms with Crippen molar-refractivity contribution < 1.29 is 4.42 Å². The molecule has 2 atom stereocenters. The van der Waals surface area contributed by atoms with Crippen LogP contribution in [-0.2, 0) is 0 Å². The van der Waals surface area contributed by atoms with Crippen LogP contribution < -0.4 is 5.73 Å². The Morgan fingerprint density at radius 1 is 1.54 bits per heavy atom. The molecule has 13 heavy (non-hydrogen) atoms. The first kappa shape index (κ1) is 12.8. The summed E-state index contributed by atoms with van der Waals surface area (Å²) in [6.07, 6.45) is 1.04. The van der Waals surface area contributed by atoms with Gasteiger partial charge in [0, 0.05) is 0 Å². The van der Waals surface area contributed by atoms with E-state index in [4.69, 9.17) is 21.8 Å². The predicted molar refractivity (Wildman–Crippen MR) is 57.3 cm³/mol. The average molecular weight is 224 g/mol. The summed E-state index contributed by atoms with van der Waals surface area (Å²) in [6.45, 7) is 4.20. The molecular weight excluding hydrogens is 209 g/mol. The molecule has 0 spiro atoms. The van der Waals surface area contributed by atoms with Crippen LogP contribution >= 0.6 is 24.0 Å². The van der Waals surface area contributed by atoms with Gasteiger partial charge >= 0.3 is 0 Å². The van der Waals surface area contributed by atoms with Gasteiger partial charge < -0.3 is 10.2 Å². The molecule has 2 N–H and O–H groups in total. The van der Waals surface area contributed by atoms with Crippen molar-refractivity contribution in [3.8, 4) is 0 Å². The van der Waals surface area contributed by atoms with Gasteiger partial charge in [-0.05, 0) is 29.7 Å². The fourth-order valence-corrected chi connectivity index (χ4v) is 1.19. The van der Waals surface area contributed by atoms with Crippen LogP contribution in [0.25, 0.3) is 0 Å². The number of nitrogens with two attached hydrogens (primary N) is 1. The molecule has 0 aliphatic rings. The maximum absolute atomic E-state index is 5.91. The van der Waals surface area contributed by atoms with E-state index in [0.717, 1.165) is 12.2 Å². The van der Waals surface area contributed by atoms with Crippen LogP contribution in [0.15, 0.2) is 16.5 Å². The van der Waals surface area contributed by atoms with Gasteiger partial charge in [-0.1, -0.05) is 20.3 Å². The van der Waals surface area contributed by atoms with Crippen molar-refractivity contribution in [2.45, 2.75) is 26.3 Å². The molecule has 0 aromatic carbocycles. The fraction of sp³-hybridized carbons (Fsp3) is 0.556. The highest BCUT2D eigenvalue weighted by Crippen LogP contribution is 2.25. The predicted octanol–water partition coefficient (Wildman–Crippen LogP) is 3.40. The van der Waals surface area contributed by atoms with E-state index in [0.29, 0.717) is 11.1 Å². The highest BCUT2D eigenvalue weighted by Gasteiger charge is 2.16. The highest BCUT2D eigenvalue weighted by atomic mass is 35.5. The first-order valence-corrected chi connectivity index (χ1v) is 4.53. The quantitative estimate of drug-likeness (QED) is 0.854. The van der Waals surface area contributed by atoms with Crippen molar-refractivity contribution in [2.75, 3.05) is 0 Å². The maximum atomic E-state index is 5.91. The number of rotatable bonds is 3. The third-order valence-electron chi connectivity index (χ3n) is 2.18. The van der Waals surface area contributed by atoms with Gasteiger partial charge in [0.1, 0.15) is 5.76 Å². The van der Waals surface area contributed by atoms with Crippen molar-refractivity contribution in [2.24, 2.45) is 11.7 Å². The smallest absolute Gasteiger partial charge is 0.193 e. The van der Waals surface area contributed by atoms with Gasteiger partial charge in [-0.3, -0.25) is 0 Å². The summed E-state index contributed by atoms with van der Waals surface area (Å²) in [5, 5.41) is 0.406. The highest BCUT2D eigenvalue weighted by molar-refractivity contribution is 6.28. The molecular formula is C9H15Cl2NO. The van der Waals surface area contributed by atoms with Crippen LogP contribution in [0.1, 0.15) is 32.1 Å². The molecule has 2 nitrogen and oxygen atoms in total. The van der Waals surface area contributed by atoms with Crippen molar-refractivity contribution in [3.63, 3.8) is 0 Å². The van der Waals surface area contributed by atoms with E-state index < -0.39 is 0 Å². The molecule has 0 aliphatic heterocycles. The van der Waals surface area contributed by atoms with Gasteiger partial charge in [-0.25, -0.2) is 0 Å². The van der Waals surface area contributed by atoms with Gasteiger partial charge in [0.2, 0.25) is 0 Å². The monoisotopic (exact) mass is 223 g/mol. The average Bonchev–Trinajstić information content (AvgIpc) is 2.49. The van der Waals surface area contributed by atoms with E-state index in [9.17, 15) is 0 Å². The maximum Gasteiger partial charge on any atom is 0.193 e. The zero-order valence-electron chi connectivity index (χ0n) is 7.79. The first-order chi connectivity index (χ1) is 5.65. The lowest BCUT2D eigenvalue weighted by Gasteiger charge is -2.15. The van der Waals surface area contributed by atoms with Crippen molar-refractivity contribution >= 4 is 24.0 Å². The molecule has 4 heteroatoms. The largest absolute Gasteiger partial charge is 0.448 e. The SMILES string of the molecule is CCC(C)[C@H](N)c1ccc(Cl)o1.Cl. The van der Waals surface area contributed by atoms with Crippen molar-refractivity contribution in [3.05, 3.63) is 23.1 Å². The zero-order chi connectivity index (χ0) is 9.14. The molecule has 1 rings (SSSR count). The molecule has 0 saturated carbocycles. The number of hydrogen-bond acceptors (Lipinski definition) is 2. The minimum absolute atomic E-state index is 0. The Morgan fingerprint density at radius 2 is 2.15 bits per heavy atom. The summed E-state index contributed by atoms with van der Waals surface area (Å²) in [7, 11) is 0. The summed E-state index contributed by atoms with van der Waals surface area (Å²) in [4.78, 5) is 0. The summed E-state index contributed by atoms with van der Waals surface area (Å²) < 4.78 is 5.21. The summed E-state index contributed by atoms with van der Waals surface area (Å²) in [5.74, 6) is 1.20. The van der Waals surface area contributed by atoms with Gasteiger partial charge in [0.15, 0.2) is 5.22 Å². The van der Waals surface area contributed by atoms with Crippen LogP contribution in [0.4, 0.5) is 0 Å². The molecule has 1 aromatic rings. The second-order valence-electron chi connectivity index (χ2n) is 3.05. The second kappa shape index (κ2) is 5.53. The van der Waals surface area contributed by atoms with Crippen LogP contribution in [-0.4, -0.2) is 0 Å². The number of furan rings is 1. The van der Waals surface area contributed by atoms with Crippen LogP contribution in [0, 0.1) is 5.92 Å². The minimum Gasteiger partial charge on any atom is -0.448 e. The van der Waals surface area contributed by atoms with E-state index in [-0.39, 0.29) is 18.4 Å². The van der Waals surface area contributed by atoms with Gasteiger partial charge in [0.05, 0.1) is 6.04 Å². The topological polar surface area (TPSA) is 39.2 Å². The molecule has 1 aromatic heterocycles. The summed E-state index contributed by atoms with van der Waals surface area (Å²) in [5.41, 5.74) is 5.91. The van der Waals surface area contributed by atoms with Gasteiger partial charge in [0.25, 0.3) is 0 Å². The molecule has 1 heterocycles. The standard InChI is InChI=1S/C9H14ClNO.ClH/c1-3-6(2)9(11)7-4-5-8(10)12-7;/h4-6,9H,3,11H2,1-2H3;1H/t6?,9-;/m0./s1. The normalized spacial score (nSPS) is 14.8. The van der Waals surface area contributed by atoms with E-state index in [1.165, 1.54) is 0 Å². The zero-order valence-corrected chi connectivity index (χ0v) is 9.36. The third-order valence-corrected chi connectivity index (χ3v) is 2.38. The Balaban J connectivity index is 0.00000144. The lowest BCUT2D eigenvalue weighted by molar-refractivity contribution is 0.377. The Morgan fingerprint density at radius 3 is 2.54 bits per heavy atom. The van der Waals surface area contributed by atoms with Crippen LogP contribution in [0.2, 0.25) is 5.22 Å². The Hall–Kier alpha value is -0.180. The molecule has 76 valence electrons. The fourth-order valence-electron chi connectivity index (χ4n) is 1.04. The van der Waals surface area contributed by atoms with Gasteiger partial charge in [-0.15, -0.1) is 12.4 Å². The van der Waals surface area contributed by atoms with E-state index in [1.54, 1.807) is 6.07 Å². The van der Waals surface area contributed by atoms with E-state index >= 15 is 0 Å². The first-order valence-electron chi connectivity index (χ1n) is 4.16. The second-order valence-corrected chi connectivity index (χ2v) is 3.43. The molecule has 1 unspecified atom stereocenters. The van der Waals surface area contributed by atoms with Crippen molar-refractivity contribution in [1.29, 1.82) is 0 Å². The van der Waals surface area contributed by atoms with Gasteiger partial charge in [-0.2, -0.15) is 0 Å². The number of halogens is 2. The Labute approximate surface area is 89.8 Å². The minimum atomic E-state index is -0.0394. The molecule has 0 radical (unpaired) electrons. The Kier molecular flexibility index (Phi) is 5.45. The molecule has 0 aliphatic carbocycles. The molecule has 0 bridgehead atoms. The summed E-state index contributed by atoms with van der Waals surface area (Å²) in [6, 6.07) is 3.51.